The minimum Gasteiger partial charge on any atom is -0.409 e. The number of amidine groups is 1. The summed E-state index contributed by atoms with van der Waals surface area (Å²) in [6.45, 7) is 11.4. The van der Waals surface area contributed by atoms with Crippen molar-refractivity contribution in [2.75, 3.05) is 13.1 Å². The van der Waals surface area contributed by atoms with E-state index >= 15 is 0 Å². The zero-order valence-corrected chi connectivity index (χ0v) is 12.2. The van der Waals surface area contributed by atoms with Crippen molar-refractivity contribution in [2.24, 2.45) is 28.6 Å². The molecule has 0 aliphatic carbocycles. The molecule has 0 radical (unpaired) electrons. The van der Waals surface area contributed by atoms with Crippen molar-refractivity contribution < 1.29 is 10.0 Å². The molecule has 0 unspecified atom stereocenters. The van der Waals surface area contributed by atoms with Gasteiger partial charge in [0.2, 0.25) is 5.91 Å². The van der Waals surface area contributed by atoms with Gasteiger partial charge in [-0.15, -0.1) is 0 Å². The lowest BCUT2D eigenvalue weighted by molar-refractivity contribution is -0.138. The number of nitrogens with zero attached hydrogens (tertiary/aromatic N) is 2. The summed E-state index contributed by atoms with van der Waals surface area (Å²) in [6, 6.07) is 0. The molecule has 5 heteroatoms. The van der Waals surface area contributed by atoms with Crippen LogP contribution in [0.2, 0.25) is 0 Å². The van der Waals surface area contributed by atoms with E-state index in [9.17, 15) is 4.79 Å². The summed E-state index contributed by atoms with van der Waals surface area (Å²) in [4.78, 5) is 14.2. The van der Waals surface area contributed by atoms with Crippen LogP contribution in [-0.2, 0) is 4.79 Å². The minimum atomic E-state index is 0.0252. The van der Waals surface area contributed by atoms with Gasteiger partial charge in [-0.1, -0.05) is 32.9 Å². The fourth-order valence-corrected chi connectivity index (χ4v) is 2.27. The Kier molecular flexibility index (Phi) is 7.39. The molecule has 106 valence electrons. The number of hydrogen-bond acceptors (Lipinski definition) is 3. The first kappa shape index (κ1) is 16.7. The Morgan fingerprint density at radius 3 is 2.11 bits per heavy atom. The third-order valence-corrected chi connectivity index (χ3v) is 3.18. The molecule has 0 spiro atoms. The quantitative estimate of drug-likeness (QED) is 0.316. The second-order valence-corrected chi connectivity index (χ2v) is 5.27. The molecule has 5 nitrogen and oxygen atoms in total. The standard InChI is InChI=1S/C13H27N3O2/c1-6-16(8-7-11(14)15-18)13(17)12(9(2)3)10(4)5/h9-10,12,18H,6-8H2,1-5H3,(H2,14,15). The summed E-state index contributed by atoms with van der Waals surface area (Å²) < 4.78 is 0. The molecule has 1 amide bonds. The molecule has 0 saturated carbocycles. The topological polar surface area (TPSA) is 78.9 Å². The van der Waals surface area contributed by atoms with Crippen molar-refractivity contribution in [3.8, 4) is 0 Å². The monoisotopic (exact) mass is 257 g/mol. The molecule has 18 heavy (non-hydrogen) atoms. The predicted molar refractivity (Wildman–Crippen MR) is 73.4 cm³/mol. The second-order valence-electron chi connectivity index (χ2n) is 5.27. The molecule has 0 aliphatic heterocycles. The summed E-state index contributed by atoms with van der Waals surface area (Å²) in [5, 5.41) is 11.4. The van der Waals surface area contributed by atoms with Gasteiger partial charge < -0.3 is 15.8 Å². The molecule has 0 fully saturated rings. The Labute approximate surface area is 110 Å². The van der Waals surface area contributed by atoms with Gasteiger partial charge in [-0.2, -0.15) is 0 Å². The zero-order chi connectivity index (χ0) is 14.3. The number of carbonyl (C=O) groups excluding carboxylic acids is 1. The van der Waals surface area contributed by atoms with Crippen LogP contribution in [0.1, 0.15) is 41.0 Å². The smallest absolute Gasteiger partial charge is 0.226 e. The predicted octanol–water partition coefficient (Wildman–Crippen LogP) is 1.90. The number of carbonyl (C=O) groups is 1. The Balaban J connectivity index is 4.67. The number of hydrogen-bond donors (Lipinski definition) is 2. The van der Waals surface area contributed by atoms with E-state index in [4.69, 9.17) is 10.9 Å². The Morgan fingerprint density at radius 1 is 1.28 bits per heavy atom. The van der Waals surface area contributed by atoms with Gasteiger partial charge in [0.25, 0.3) is 0 Å². The number of oxime groups is 1. The van der Waals surface area contributed by atoms with Gasteiger partial charge in [0.1, 0.15) is 5.84 Å². The van der Waals surface area contributed by atoms with E-state index in [0.29, 0.717) is 31.3 Å². The van der Waals surface area contributed by atoms with Crippen LogP contribution >= 0.6 is 0 Å². The molecule has 0 heterocycles. The summed E-state index contributed by atoms with van der Waals surface area (Å²) in [7, 11) is 0. The molecule has 0 rings (SSSR count). The average Bonchev–Trinajstić information content (AvgIpc) is 2.28. The minimum absolute atomic E-state index is 0.0252. The lowest BCUT2D eigenvalue weighted by atomic mass is 9.84. The van der Waals surface area contributed by atoms with Crippen LogP contribution in [-0.4, -0.2) is 34.9 Å². The van der Waals surface area contributed by atoms with E-state index in [2.05, 4.69) is 32.9 Å². The summed E-state index contributed by atoms with van der Waals surface area (Å²) in [5.74, 6) is 0.975. The highest BCUT2D eigenvalue weighted by molar-refractivity contribution is 5.82. The van der Waals surface area contributed by atoms with Crippen LogP contribution in [0, 0.1) is 17.8 Å². The van der Waals surface area contributed by atoms with Crippen molar-refractivity contribution in [1.29, 1.82) is 0 Å². The molecule has 0 bridgehead atoms. The van der Waals surface area contributed by atoms with E-state index < -0.39 is 0 Å². The van der Waals surface area contributed by atoms with Crippen molar-refractivity contribution in [2.45, 2.75) is 41.0 Å². The van der Waals surface area contributed by atoms with Gasteiger partial charge in [0.05, 0.1) is 0 Å². The van der Waals surface area contributed by atoms with Crippen LogP contribution in [0.4, 0.5) is 0 Å². The highest BCUT2D eigenvalue weighted by Gasteiger charge is 2.28. The molecular weight excluding hydrogens is 230 g/mol. The average molecular weight is 257 g/mol. The van der Waals surface area contributed by atoms with Crippen LogP contribution in [0.25, 0.3) is 0 Å². The van der Waals surface area contributed by atoms with Gasteiger partial charge in [-0.25, -0.2) is 0 Å². The van der Waals surface area contributed by atoms with Crippen molar-refractivity contribution in [1.82, 2.24) is 4.90 Å². The lowest BCUT2D eigenvalue weighted by Crippen LogP contribution is -2.41. The molecule has 0 atom stereocenters. The first-order chi connectivity index (χ1) is 8.34. The molecular formula is C13H27N3O2. The van der Waals surface area contributed by atoms with E-state index in [0.717, 1.165) is 0 Å². The fraction of sp³-hybridized carbons (Fsp3) is 0.846. The summed E-state index contributed by atoms with van der Waals surface area (Å²) >= 11 is 0. The van der Waals surface area contributed by atoms with E-state index in [1.54, 1.807) is 4.90 Å². The normalized spacial score (nSPS) is 12.6. The van der Waals surface area contributed by atoms with E-state index in [-0.39, 0.29) is 17.7 Å². The SMILES string of the molecule is CCN(CCC(N)=NO)C(=O)C(C(C)C)C(C)C. The number of amides is 1. The maximum Gasteiger partial charge on any atom is 0.226 e. The van der Waals surface area contributed by atoms with E-state index in [1.165, 1.54) is 0 Å². The highest BCUT2D eigenvalue weighted by atomic mass is 16.4. The van der Waals surface area contributed by atoms with Crippen LogP contribution in [0.3, 0.4) is 0 Å². The molecule has 0 saturated heterocycles. The van der Waals surface area contributed by atoms with E-state index in [1.807, 2.05) is 6.92 Å². The van der Waals surface area contributed by atoms with Crippen LogP contribution < -0.4 is 5.73 Å². The fourth-order valence-electron chi connectivity index (χ4n) is 2.27. The van der Waals surface area contributed by atoms with Gasteiger partial charge in [0.15, 0.2) is 0 Å². The Morgan fingerprint density at radius 2 is 1.78 bits per heavy atom. The third-order valence-electron chi connectivity index (χ3n) is 3.18. The second kappa shape index (κ2) is 7.95. The zero-order valence-electron chi connectivity index (χ0n) is 12.2. The first-order valence-corrected chi connectivity index (χ1v) is 6.60. The summed E-state index contributed by atoms with van der Waals surface area (Å²) in [5.41, 5.74) is 5.43. The number of rotatable bonds is 7. The van der Waals surface area contributed by atoms with Gasteiger partial charge in [-0.05, 0) is 18.8 Å². The third kappa shape index (κ3) is 4.94. The highest BCUT2D eigenvalue weighted by Crippen LogP contribution is 2.23. The molecule has 0 aromatic carbocycles. The maximum atomic E-state index is 12.4. The Hall–Kier alpha value is -1.26. The van der Waals surface area contributed by atoms with Crippen molar-refractivity contribution in [3.05, 3.63) is 0 Å². The first-order valence-electron chi connectivity index (χ1n) is 6.60. The molecule has 0 aromatic heterocycles. The maximum absolute atomic E-state index is 12.4. The molecule has 0 aliphatic rings. The van der Waals surface area contributed by atoms with Crippen LogP contribution in [0.15, 0.2) is 5.16 Å². The van der Waals surface area contributed by atoms with Gasteiger partial charge in [0, 0.05) is 25.4 Å². The number of nitrogens with two attached hydrogens (primary N) is 1. The van der Waals surface area contributed by atoms with Crippen molar-refractivity contribution >= 4 is 11.7 Å². The van der Waals surface area contributed by atoms with Gasteiger partial charge >= 0.3 is 0 Å². The largest absolute Gasteiger partial charge is 0.409 e. The summed E-state index contributed by atoms with van der Waals surface area (Å²) in [6.07, 6.45) is 0.402. The molecule has 0 aromatic rings. The lowest BCUT2D eigenvalue weighted by Gasteiger charge is -2.30. The molecule has 3 N–H and O–H groups in total. The van der Waals surface area contributed by atoms with Gasteiger partial charge in [-0.3, -0.25) is 4.79 Å². The Bertz CT molecular complexity index is 280. The van der Waals surface area contributed by atoms with Crippen molar-refractivity contribution in [3.63, 3.8) is 0 Å². The van der Waals surface area contributed by atoms with Crippen LogP contribution in [0.5, 0.6) is 0 Å².